The van der Waals surface area contributed by atoms with E-state index in [0.29, 0.717) is 10.4 Å². The lowest BCUT2D eigenvalue weighted by molar-refractivity contribution is -0.134. The Morgan fingerprint density at radius 3 is 2.77 bits per heavy atom. The summed E-state index contributed by atoms with van der Waals surface area (Å²) >= 11 is 1.36. The van der Waals surface area contributed by atoms with Gasteiger partial charge in [0.2, 0.25) is 5.91 Å². The highest BCUT2D eigenvalue weighted by atomic mass is 32.1. The minimum Gasteiger partial charge on any atom is -0.350 e. The van der Waals surface area contributed by atoms with Crippen LogP contribution < -0.4 is 10.6 Å². The largest absolute Gasteiger partial charge is 0.350 e. The summed E-state index contributed by atoms with van der Waals surface area (Å²) < 4.78 is 13.3. The molecule has 0 bridgehead atoms. The van der Waals surface area contributed by atoms with Gasteiger partial charge < -0.3 is 10.6 Å². The molecule has 4 amide bonds. The lowest BCUT2D eigenvalue weighted by Crippen LogP contribution is -2.42. The molecule has 1 aliphatic rings. The number of rotatable bonds is 5. The molecule has 3 rings (SSSR count). The standard InChI is InChI=1S/C18H18FN3O3S/c1-11-8-12(5-6-13(11)19)9-20-15(23)10-22-16(24)18(2,21-17(22)25)14-4-3-7-26-14/h3-8H,9-10H2,1-2H3,(H,20,23)(H,21,25). The summed E-state index contributed by atoms with van der Waals surface area (Å²) in [5.74, 6) is -1.24. The van der Waals surface area contributed by atoms with E-state index < -0.39 is 23.4 Å². The van der Waals surface area contributed by atoms with E-state index in [2.05, 4.69) is 10.6 Å². The normalized spacial score (nSPS) is 19.6. The SMILES string of the molecule is Cc1cc(CNC(=O)CN2C(=O)NC(C)(c3cccs3)C2=O)ccc1F. The van der Waals surface area contributed by atoms with E-state index in [9.17, 15) is 18.8 Å². The second kappa shape index (κ2) is 6.87. The molecule has 2 aromatic rings. The molecule has 2 N–H and O–H groups in total. The van der Waals surface area contributed by atoms with Gasteiger partial charge in [-0.3, -0.25) is 14.5 Å². The number of halogens is 1. The zero-order chi connectivity index (χ0) is 18.9. The lowest BCUT2D eigenvalue weighted by atomic mass is 10.0. The Bertz CT molecular complexity index is 869. The van der Waals surface area contributed by atoms with Crippen LogP contribution in [0.3, 0.4) is 0 Å². The maximum atomic E-state index is 13.3. The predicted octanol–water partition coefficient (Wildman–Crippen LogP) is 2.28. The number of amides is 4. The second-order valence-corrected chi connectivity index (χ2v) is 7.23. The summed E-state index contributed by atoms with van der Waals surface area (Å²) in [5.41, 5.74) is 0.0648. The molecule has 8 heteroatoms. The molecule has 1 fully saturated rings. The van der Waals surface area contributed by atoms with Crippen molar-refractivity contribution in [3.05, 3.63) is 57.5 Å². The van der Waals surface area contributed by atoms with Crippen molar-refractivity contribution in [1.29, 1.82) is 0 Å². The smallest absolute Gasteiger partial charge is 0.325 e. The van der Waals surface area contributed by atoms with Crippen LogP contribution in [0.25, 0.3) is 0 Å². The van der Waals surface area contributed by atoms with Crippen molar-refractivity contribution in [1.82, 2.24) is 15.5 Å². The van der Waals surface area contributed by atoms with E-state index in [1.54, 1.807) is 38.1 Å². The average molecular weight is 375 g/mol. The van der Waals surface area contributed by atoms with Crippen molar-refractivity contribution >= 4 is 29.2 Å². The van der Waals surface area contributed by atoms with Crippen LogP contribution in [-0.4, -0.2) is 29.3 Å². The van der Waals surface area contributed by atoms with Gasteiger partial charge >= 0.3 is 6.03 Å². The van der Waals surface area contributed by atoms with Crippen LogP contribution in [0.5, 0.6) is 0 Å². The number of carbonyl (C=O) groups is 3. The molecule has 1 aromatic heterocycles. The van der Waals surface area contributed by atoms with E-state index in [0.717, 1.165) is 10.5 Å². The topological polar surface area (TPSA) is 78.5 Å². The first-order valence-electron chi connectivity index (χ1n) is 8.01. The number of carbonyl (C=O) groups excluding carboxylic acids is 3. The van der Waals surface area contributed by atoms with Gasteiger partial charge in [0.05, 0.1) is 0 Å². The van der Waals surface area contributed by atoms with E-state index >= 15 is 0 Å². The average Bonchev–Trinajstić information content (AvgIpc) is 3.21. The van der Waals surface area contributed by atoms with Crippen LogP contribution >= 0.6 is 11.3 Å². The summed E-state index contributed by atoms with van der Waals surface area (Å²) in [6.07, 6.45) is 0. The Morgan fingerprint density at radius 1 is 1.35 bits per heavy atom. The third-order valence-electron chi connectivity index (χ3n) is 4.30. The molecule has 0 radical (unpaired) electrons. The number of hydrogen-bond donors (Lipinski definition) is 2. The van der Waals surface area contributed by atoms with Gasteiger partial charge in [0.15, 0.2) is 5.54 Å². The summed E-state index contributed by atoms with van der Waals surface area (Å²) in [5, 5.41) is 7.11. The van der Waals surface area contributed by atoms with Crippen molar-refractivity contribution in [3.8, 4) is 0 Å². The van der Waals surface area contributed by atoms with Crippen LogP contribution in [0.1, 0.15) is 22.9 Å². The van der Waals surface area contributed by atoms with Crippen molar-refractivity contribution in [2.45, 2.75) is 25.9 Å². The molecule has 6 nitrogen and oxygen atoms in total. The van der Waals surface area contributed by atoms with E-state index in [1.165, 1.54) is 17.4 Å². The minimum atomic E-state index is -1.15. The van der Waals surface area contributed by atoms with Crippen LogP contribution in [0.15, 0.2) is 35.7 Å². The molecule has 0 saturated carbocycles. The van der Waals surface area contributed by atoms with E-state index in [4.69, 9.17) is 0 Å². The number of urea groups is 1. The van der Waals surface area contributed by atoms with Crippen LogP contribution in [-0.2, 0) is 21.7 Å². The highest BCUT2D eigenvalue weighted by Gasteiger charge is 2.50. The number of imide groups is 1. The third-order valence-corrected chi connectivity index (χ3v) is 5.39. The highest BCUT2D eigenvalue weighted by molar-refractivity contribution is 7.10. The Labute approximate surface area is 154 Å². The molecule has 136 valence electrons. The fourth-order valence-corrected chi connectivity index (χ4v) is 3.62. The van der Waals surface area contributed by atoms with Crippen molar-refractivity contribution in [3.63, 3.8) is 0 Å². The van der Waals surface area contributed by atoms with Crippen LogP contribution in [0.4, 0.5) is 9.18 Å². The summed E-state index contributed by atoms with van der Waals surface area (Å²) in [6.45, 7) is 3.08. The van der Waals surface area contributed by atoms with E-state index in [-0.39, 0.29) is 18.9 Å². The van der Waals surface area contributed by atoms with Gasteiger partial charge in [-0.25, -0.2) is 9.18 Å². The van der Waals surface area contributed by atoms with Crippen LogP contribution in [0, 0.1) is 12.7 Å². The second-order valence-electron chi connectivity index (χ2n) is 6.28. The first-order valence-corrected chi connectivity index (χ1v) is 8.89. The number of thiophene rings is 1. The van der Waals surface area contributed by atoms with Crippen molar-refractivity contribution in [2.24, 2.45) is 0 Å². The number of nitrogens with zero attached hydrogens (tertiary/aromatic N) is 1. The predicted molar refractivity (Wildman–Crippen MR) is 94.9 cm³/mol. The zero-order valence-electron chi connectivity index (χ0n) is 14.3. The molecule has 2 heterocycles. The van der Waals surface area contributed by atoms with E-state index in [1.807, 2.05) is 5.38 Å². The quantitative estimate of drug-likeness (QED) is 0.787. The number of benzene rings is 1. The maximum absolute atomic E-state index is 13.3. The van der Waals surface area contributed by atoms with Gasteiger partial charge in [-0.05, 0) is 42.5 Å². The fourth-order valence-electron chi connectivity index (χ4n) is 2.79. The lowest BCUT2D eigenvalue weighted by Gasteiger charge is -2.20. The molecular formula is C18H18FN3O3S. The Hall–Kier alpha value is -2.74. The first kappa shape index (κ1) is 18.1. The molecule has 0 aliphatic carbocycles. The van der Waals surface area contributed by atoms with Gasteiger partial charge in [0.1, 0.15) is 12.4 Å². The van der Waals surface area contributed by atoms with Crippen LogP contribution in [0.2, 0.25) is 0 Å². The Morgan fingerprint density at radius 2 is 2.12 bits per heavy atom. The Kier molecular flexibility index (Phi) is 4.78. The van der Waals surface area contributed by atoms with Gasteiger partial charge in [-0.15, -0.1) is 11.3 Å². The molecule has 1 unspecified atom stereocenters. The zero-order valence-corrected chi connectivity index (χ0v) is 15.2. The molecular weight excluding hydrogens is 357 g/mol. The Balaban J connectivity index is 1.63. The molecule has 26 heavy (non-hydrogen) atoms. The summed E-state index contributed by atoms with van der Waals surface area (Å²) in [6, 6.07) is 7.51. The molecule has 1 aromatic carbocycles. The summed E-state index contributed by atoms with van der Waals surface area (Å²) in [4.78, 5) is 38.6. The van der Waals surface area contributed by atoms with Gasteiger partial charge in [-0.1, -0.05) is 18.2 Å². The number of aryl methyl sites for hydroxylation is 1. The molecule has 1 aliphatic heterocycles. The van der Waals surface area contributed by atoms with Crippen molar-refractivity contribution < 1.29 is 18.8 Å². The van der Waals surface area contributed by atoms with Gasteiger partial charge in [-0.2, -0.15) is 0 Å². The minimum absolute atomic E-state index is 0.186. The third kappa shape index (κ3) is 3.32. The van der Waals surface area contributed by atoms with Gasteiger partial charge in [0.25, 0.3) is 5.91 Å². The number of nitrogens with one attached hydrogen (secondary N) is 2. The molecule has 0 spiro atoms. The summed E-state index contributed by atoms with van der Waals surface area (Å²) in [7, 11) is 0. The molecule has 1 atom stereocenters. The van der Waals surface area contributed by atoms with Crippen molar-refractivity contribution in [2.75, 3.05) is 6.54 Å². The monoisotopic (exact) mass is 375 g/mol. The first-order chi connectivity index (χ1) is 12.3. The maximum Gasteiger partial charge on any atom is 0.325 e. The highest BCUT2D eigenvalue weighted by Crippen LogP contribution is 2.31. The number of hydrogen-bond acceptors (Lipinski definition) is 4. The molecule has 1 saturated heterocycles. The van der Waals surface area contributed by atoms with Gasteiger partial charge in [0, 0.05) is 11.4 Å². The fraction of sp³-hybridized carbons (Fsp3) is 0.278.